The van der Waals surface area contributed by atoms with Crippen molar-refractivity contribution in [3.8, 4) is 5.75 Å². The lowest BCUT2D eigenvalue weighted by atomic mass is 10.2. The molecule has 0 radical (unpaired) electrons. The van der Waals surface area contributed by atoms with Gasteiger partial charge in [0.1, 0.15) is 23.2 Å². The number of anilines is 2. The molecule has 0 spiro atoms. The van der Waals surface area contributed by atoms with Crippen LogP contribution in [0.25, 0.3) is 0 Å². The summed E-state index contributed by atoms with van der Waals surface area (Å²) < 4.78 is 5.67. The van der Waals surface area contributed by atoms with Crippen LogP contribution in [0.3, 0.4) is 0 Å². The first-order valence-corrected chi connectivity index (χ1v) is 9.77. The van der Waals surface area contributed by atoms with E-state index in [2.05, 4.69) is 27.5 Å². The van der Waals surface area contributed by atoms with E-state index in [0.717, 1.165) is 23.8 Å². The van der Waals surface area contributed by atoms with Crippen molar-refractivity contribution in [2.75, 3.05) is 44.0 Å². The van der Waals surface area contributed by atoms with E-state index < -0.39 is 0 Å². The molecule has 1 aromatic heterocycles. The Balaban J connectivity index is 1.75. The van der Waals surface area contributed by atoms with Crippen LogP contribution in [0.15, 0.2) is 30.3 Å². The minimum atomic E-state index is -0.104. The minimum Gasteiger partial charge on any atom is -0.494 e. The number of hydrogen-bond donors (Lipinski definition) is 2. The highest BCUT2D eigenvalue weighted by atomic mass is 16.5. The average molecular weight is 386 g/mol. The minimum absolute atomic E-state index is 0.104. The van der Waals surface area contributed by atoms with E-state index >= 15 is 0 Å². The van der Waals surface area contributed by atoms with E-state index in [9.17, 15) is 4.79 Å². The molecule has 0 aliphatic rings. The second-order valence-electron chi connectivity index (χ2n) is 6.82. The molecule has 1 amide bonds. The van der Waals surface area contributed by atoms with Gasteiger partial charge in [0.05, 0.1) is 6.61 Å². The van der Waals surface area contributed by atoms with Crippen LogP contribution in [-0.2, 0) is 0 Å². The number of rotatable bonds is 11. The molecular formula is C21H31N5O2. The Morgan fingerprint density at radius 3 is 2.54 bits per heavy atom. The normalized spacial score (nSPS) is 10.4. The van der Waals surface area contributed by atoms with Gasteiger partial charge in [-0.25, -0.2) is 9.97 Å². The number of unbranched alkanes of at least 4 members (excludes halogenated alkanes) is 2. The largest absolute Gasteiger partial charge is 0.494 e. The monoisotopic (exact) mass is 385 g/mol. The Kier molecular flexibility index (Phi) is 8.52. The van der Waals surface area contributed by atoms with Gasteiger partial charge in [-0.1, -0.05) is 19.8 Å². The third-order valence-corrected chi connectivity index (χ3v) is 4.13. The van der Waals surface area contributed by atoms with E-state index in [1.807, 2.05) is 44.1 Å². The molecule has 2 rings (SSSR count). The molecule has 28 heavy (non-hydrogen) atoms. The number of hydrogen-bond acceptors (Lipinski definition) is 6. The summed E-state index contributed by atoms with van der Waals surface area (Å²) in [6.45, 7) is 5.81. The number of amides is 1. The van der Waals surface area contributed by atoms with Crippen LogP contribution in [0, 0.1) is 6.92 Å². The first-order chi connectivity index (χ1) is 13.5. The van der Waals surface area contributed by atoms with E-state index in [1.54, 1.807) is 12.1 Å². The van der Waals surface area contributed by atoms with Gasteiger partial charge in [0, 0.05) is 38.8 Å². The number of carbonyl (C=O) groups excluding carboxylic acids is 1. The highest BCUT2D eigenvalue weighted by molar-refractivity contribution is 5.94. The maximum atomic E-state index is 12.3. The summed E-state index contributed by atoms with van der Waals surface area (Å²) in [5, 5.41) is 6.12. The van der Waals surface area contributed by atoms with E-state index in [4.69, 9.17) is 4.74 Å². The van der Waals surface area contributed by atoms with Gasteiger partial charge in [0.15, 0.2) is 0 Å². The zero-order chi connectivity index (χ0) is 20.4. The molecule has 2 N–H and O–H groups in total. The molecule has 0 saturated carbocycles. The third kappa shape index (κ3) is 7.06. The predicted octanol–water partition coefficient (Wildman–Crippen LogP) is 3.26. The fourth-order valence-corrected chi connectivity index (χ4v) is 2.58. The van der Waals surface area contributed by atoms with Gasteiger partial charge in [-0.2, -0.15) is 0 Å². The summed E-state index contributed by atoms with van der Waals surface area (Å²) >= 11 is 0. The highest BCUT2D eigenvalue weighted by Gasteiger charge is 2.06. The Morgan fingerprint density at radius 2 is 1.86 bits per heavy atom. The van der Waals surface area contributed by atoms with Crippen molar-refractivity contribution in [3.05, 3.63) is 41.7 Å². The second-order valence-corrected chi connectivity index (χ2v) is 6.82. The van der Waals surface area contributed by atoms with E-state index in [1.165, 1.54) is 12.8 Å². The van der Waals surface area contributed by atoms with Crippen LogP contribution in [-0.4, -0.2) is 49.7 Å². The zero-order valence-electron chi connectivity index (χ0n) is 17.3. The molecule has 0 aliphatic heterocycles. The van der Waals surface area contributed by atoms with Gasteiger partial charge >= 0.3 is 0 Å². The number of aryl methyl sites for hydroxylation is 1. The zero-order valence-corrected chi connectivity index (χ0v) is 17.3. The molecule has 152 valence electrons. The number of benzene rings is 1. The lowest BCUT2D eigenvalue weighted by Gasteiger charge is -2.14. The predicted molar refractivity (Wildman–Crippen MR) is 113 cm³/mol. The molecule has 1 aromatic carbocycles. The highest BCUT2D eigenvalue weighted by Crippen LogP contribution is 2.14. The van der Waals surface area contributed by atoms with Gasteiger partial charge in [-0.05, 0) is 37.6 Å². The Bertz CT molecular complexity index is 747. The standard InChI is InChI=1S/C21H31N5O2/c1-5-6-7-14-28-18-10-8-17(9-11-18)21(27)23-13-12-22-19-15-20(26(3)4)25-16(2)24-19/h8-11,15H,5-7,12-14H2,1-4H3,(H,23,27)(H,22,24,25). The van der Waals surface area contributed by atoms with Crippen LogP contribution in [0.5, 0.6) is 5.75 Å². The second kappa shape index (κ2) is 11.1. The quantitative estimate of drug-likeness (QED) is 0.578. The molecule has 1 heterocycles. The van der Waals surface area contributed by atoms with Crippen molar-refractivity contribution in [1.82, 2.24) is 15.3 Å². The van der Waals surface area contributed by atoms with Crippen LogP contribution in [0.2, 0.25) is 0 Å². The molecular weight excluding hydrogens is 354 g/mol. The number of nitrogens with one attached hydrogen (secondary N) is 2. The molecule has 0 atom stereocenters. The van der Waals surface area contributed by atoms with Gasteiger partial charge < -0.3 is 20.3 Å². The average Bonchev–Trinajstić information content (AvgIpc) is 2.68. The SMILES string of the molecule is CCCCCOc1ccc(C(=O)NCCNc2cc(N(C)C)nc(C)n2)cc1. The molecule has 0 saturated heterocycles. The van der Waals surface area contributed by atoms with Crippen molar-refractivity contribution < 1.29 is 9.53 Å². The molecule has 0 fully saturated rings. The first kappa shape index (κ1) is 21.5. The van der Waals surface area contributed by atoms with Gasteiger partial charge in [-0.15, -0.1) is 0 Å². The summed E-state index contributed by atoms with van der Waals surface area (Å²) in [6.07, 6.45) is 3.39. The van der Waals surface area contributed by atoms with Gasteiger partial charge in [0.2, 0.25) is 0 Å². The Hall–Kier alpha value is -2.83. The number of ether oxygens (including phenoxy) is 1. The number of carbonyl (C=O) groups is 1. The van der Waals surface area contributed by atoms with Gasteiger partial charge in [-0.3, -0.25) is 4.79 Å². The molecule has 0 bridgehead atoms. The first-order valence-electron chi connectivity index (χ1n) is 9.77. The lowest BCUT2D eigenvalue weighted by molar-refractivity contribution is 0.0955. The van der Waals surface area contributed by atoms with Gasteiger partial charge in [0.25, 0.3) is 5.91 Å². The summed E-state index contributed by atoms with van der Waals surface area (Å²) in [7, 11) is 3.88. The van der Waals surface area contributed by atoms with Crippen molar-refractivity contribution in [2.24, 2.45) is 0 Å². The molecule has 7 heteroatoms. The van der Waals surface area contributed by atoms with Crippen LogP contribution >= 0.6 is 0 Å². The van der Waals surface area contributed by atoms with Crippen LogP contribution in [0.4, 0.5) is 11.6 Å². The van der Waals surface area contributed by atoms with Crippen LogP contribution < -0.4 is 20.3 Å². The molecule has 7 nitrogen and oxygen atoms in total. The van der Waals surface area contributed by atoms with Crippen LogP contribution in [0.1, 0.15) is 42.4 Å². The van der Waals surface area contributed by atoms with Crippen molar-refractivity contribution in [3.63, 3.8) is 0 Å². The lowest BCUT2D eigenvalue weighted by Crippen LogP contribution is -2.29. The maximum absolute atomic E-state index is 12.3. The van der Waals surface area contributed by atoms with E-state index in [0.29, 0.717) is 31.1 Å². The third-order valence-electron chi connectivity index (χ3n) is 4.13. The van der Waals surface area contributed by atoms with E-state index in [-0.39, 0.29) is 5.91 Å². The van der Waals surface area contributed by atoms with Crippen molar-refractivity contribution in [2.45, 2.75) is 33.1 Å². The fraction of sp³-hybridized carbons (Fsp3) is 0.476. The summed E-state index contributed by atoms with van der Waals surface area (Å²) in [5.74, 6) is 2.98. The molecule has 0 aliphatic carbocycles. The Morgan fingerprint density at radius 1 is 1.11 bits per heavy atom. The molecule has 0 unspecified atom stereocenters. The van der Waals surface area contributed by atoms with Crippen molar-refractivity contribution >= 4 is 17.5 Å². The summed E-state index contributed by atoms with van der Waals surface area (Å²) in [4.78, 5) is 22.9. The summed E-state index contributed by atoms with van der Waals surface area (Å²) in [6, 6.07) is 9.13. The van der Waals surface area contributed by atoms with Crippen molar-refractivity contribution in [1.29, 1.82) is 0 Å². The number of nitrogens with zero attached hydrogens (tertiary/aromatic N) is 3. The summed E-state index contributed by atoms with van der Waals surface area (Å²) in [5.41, 5.74) is 0.619. The fourth-order valence-electron chi connectivity index (χ4n) is 2.58. The topological polar surface area (TPSA) is 79.4 Å². The molecule has 2 aromatic rings. The maximum Gasteiger partial charge on any atom is 0.251 e. The smallest absolute Gasteiger partial charge is 0.251 e. The Labute approximate surface area is 167 Å². The number of aromatic nitrogens is 2.